The Kier molecular flexibility index (Phi) is 5.04. The molecule has 1 unspecified atom stereocenters. The molecule has 4 nitrogen and oxygen atoms in total. The van der Waals surface area contributed by atoms with Gasteiger partial charge < -0.3 is 15.0 Å². The number of benzene rings is 1. The van der Waals surface area contributed by atoms with Crippen LogP contribution in [0.4, 0.5) is 10.5 Å². The number of hydrogen-bond acceptors (Lipinski definition) is 3. The Labute approximate surface area is 138 Å². The van der Waals surface area contributed by atoms with Gasteiger partial charge in [-0.25, -0.2) is 4.79 Å². The molecule has 0 bridgehead atoms. The van der Waals surface area contributed by atoms with Gasteiger partial charge in [0.1, 0.15) is 5.60 Å². The van der Waals surface area contributed by atoms with Gasteiger partial charge in [-0.05, 0) is 61.3 Å². The van der Waals surface area contributed by atoms with E-state index in [9.17, 15) is 4.79 Å². The average Bonchev–Trinajstić information content (AvgIpc) is 2.80. The van der Waals surface area contributed by atoms with Gasteiger partial charge in [0.25, 0.3) is 0 Å². The van der Waals surface area contributed by atoms with E-state index in [1.807, 2.05) is 39.0 Å². The van der Waals surface area contributed by atoms with Crippen LogP contribution in [0.3, 0.4) is 0 Å². The second-order valence-corrected chi connectivity index (χ2v) is 7.45. The zero-order valence-corrected chi connectivity index (χ0v) is 14.8. The van der Waals surface area contributed by atoms with E-state index in [2.05, 4.69) is 21.2 Å². The number of carbonyl (C=O) groups is 1. The summed E-state index contributed by atoms with van der Waals surface area (Å²) in [7, 11) is 0. The molecule has 1 fully saturated rings. The summed E-state index contributed by atoms with van der Waals surface area (Å²) in [5, 5.41) is 4.10. The highest BCUT2D eigenvalue weighted by Gasteiger charge is 2.29. The summed E-state index contributed by atoms with van der Waals surface area (Å²) in [5.41, 5.74) is 0.534. The molecule has 1 aromatic rings. The quantitative estimate of drug-likeness (QED) is 0.826. The lowest BCUT2D eigenvalue weighted by atomic mass is 10.2. The molecule has 1 saturated heterocycles. The van der Waals surface area contributed by atoms with Gasteiger partial charge in [-0.3, -0.25) is 0 Å². The fourth-order valence-electron chi connectivity index (χ4n) is 2.19. The lowest BCUT2D eigenvalue weighted by Crippen LogP contribution is -2.36. The number of carbonyl (C=O) groups excluding carboxylic acids is 1. The number of halogens is 2. The Morgan fingerprint density at radius 2 is 2.19 bits per heavy atom. The number of amides is 1. The standard InChI is InChI=1S/C15H20BrClN2O2/c1-15(2,3)21-14(20)19-7-6-11(9-19)18-10-4-5-13(17)12(16)8-10/h4-5,8,11,18H,6-7,9H2,1-3H3. The van der Waals surface area contributed by atoms with Crippen LogP contribution in [-0.4, -0.2) is 35.7 Å². The SMILES string of the molecule is CC(C)(C)OC(=O)N1CCC(Nc2ccc(Cl)c(Br)c2)C1. The predicted molar refractivity (Wildman–Crippen MR) is 89.0 cm³/mol. The van der Waals surface area contributed by atoms with Gasteiger partial charge in [0.15, 0.2) is 0 Å². The summed E-state index contributed by atoms with van der Waals surface area (Å²) in [6, 6.07) is 5.95. The maximum Gasteiger partial charge on any atom is 0.410 e. The van der Waals surface area contributed by atoms with E-state index < -0.39 is 5.60 Å². The number of rotatable bonds is 2. The molecule has 1 aliphatic rings. The summed E-state index contributed by atoms with van der Waals surface area (Å²) in [5.74, 6) is 0. The van der Waals surface area contributed by atoms with Crippen LogP contribution in [0, 0.1) is 0 Å². The third-order valence-corrected chi connectivity index (χ3v) is 4.34. The van der Waals surface area contributed by atoms with Crippen molar-refractivity contribution in [2.45, 2.75) is 38.8 Å². The van der Waals surface area contributed by atoms with Gasteiger partial charge in [0.05, 0.1) is 5.02 Å². The zero-order valence-electron chi connectivity index (χ0n) is 12.5. The highest BCUT2D eigenvalue weighted by atomic mass is 79.9. The number of hydrogen-bond donors (Lipinski definition) is 1. The summed E-state index contributed by atoms with van der Waals surface area (Å²) >= 11 is 9.39. The van der Waals surface area contributed by atoms with Gasteiger partial charge >= 0.3 is 6.09 Å². The van der Waals surface area contributed by atoms with Crippen molar-refractivity contribution in [1.29, 1.82) is 0 Å². The smallest absolute Gasteiger partial charge is 0.410 e. The van der Waals surface area contributed by atoms with Crippen LogP contribution in [0.2, 0.25) is 5.02 Å². The van der Waals surface area contributed by atoms with Crippen LogP contribution in [0.15, 0.2) is 22.7 Å². The Morgan fingerprint density at radius 1 is 1.48 bits per heavy atom. The minimum Gasteiger partial charge on any atom is -0.444 e. The van der Waals surface area contributed by atoms with E-state index in [1.54, 1.807) is 4.90 Å². The number of nitrogens with zero attached hydrogens (tertiary/aromatic N) is 1. The molecular weight excluding hydrogens is 356 g/mol. The van der Waals surface area contributed by atoms with Gasteiger partial charge in [0.2, 0.25) is 0 Å². The highest BCUT2D eigenvalue weighted by Crippen LogP contribution is 2.27. The van der Waals surface area contributed by atoms with Crippen LogP contribution in [0.5, 0.6) is 0 Å². The predicted octanol–water partition coefficient (Wildman–Crippen LogP) is 4.52. The Balaban J connectivity index is 1.90. The summed E-state index contributed by atoms with van der Waals surface area (Å²) in [6.07, 6.45) is 0.656. The number of anilines is 1. The first-order valence-electron chi connectivity index (χ1n) is 6.94. The average molecular weight is 376 g/mol. The molecule has 1 aromatic carbocycles. The van der Waals surface area contributed by atoms with E-state index in [0.717, 1.165) is 16.6 Å². The van der Waals surface area contributed by atoms with E-state index in [-0.39, 0.29) is 12.1 Å². The molecular formula is C15H20BrClN2O2. The van der Waals surface area contributed by atoms with Crippen LogP contribution in [-0.2, 0) is 4.74 Å². The molecule has 6 heteroatoms. The lowest BCUT2D eigenvalue weighted by molar-refractivity contribution is 0.0293. The van der Waals surface area contributed by atoms with E-state index in [4.69, 9.17) is 16.3 Å². The Morgan fingerprint density at radius 3 is 2.81 bits per heavy atom. The number of nitrogens with one attached hydrogen (secondary N) is 1. The normalized spacial score (nSPS) is 18.7. The molecule has 1 atom stereocenters. The monoisotopic (exact) mass is 374 g/mol. The fourth-order valence-corrected chi connectivity index (χ4v) is 2.69. The van der Waals surface area contributed by atoms with Gasteiger partial charge in [0, 0.05) is 29.3 Å². The number of likely N-dealkylation sites (tertiary alicyclic amines) is 1. The Hall–Kier alpha value is -0.940. The van der Waals surface area contributed by atoms with Crippen molar-refractivity contribution < 1.29 is 9.53 Å². The topological polar surface area (TPSA) is 41.6 Å². The largest absolute Gasteiger partial charge is 0.444 e. The van der Waals surface area contributed by atoms with Crippen LogP contribution in [0.1, 0.15) is 27.2 Å². The zero-order chi connectivity index (χ0) is 15.6. The lowest BCUT2D eigenvalue weighted by Gasteiger charge is -2.24. The third-order valence-electron chi connectivity index (χ3n) is 3.13. The molecule has 2 rings (SSSR count). The first-order valence-corrected chi connectivity index (χ1v) is 8.11. The van der Waals surface area contributed by atoms with Crippen molar-refractivity contribution in [1.82, 2.24) is 4.90 Å². The molecule has 21 heavy (non-hydrogen) atoms. The highest BCUT2D eigenvalue weighted by molar-refractivity contribution is 9.10. The first-order chi connectivity index (χ1) is 9.74. The second-order valence-electron chi connectivity index (χ2n) is 6.19. The van der Waals surface area contributed by atoms with Crippen LogP contribution < -0.4 is 5.32 Å². The minimum absolute atomic E-state index is 0.227. The minimum atomic E-state index is -0.455. The van der Waals surface area contributed by atoms with Crippen molar-refractivity contribution in [2.24, 2.45) is 0 Å². The molecule has 0 aromatic heterocycles. The van der Waals surface area contributed by atoms with Crippen LogP contribution in [0.25, 0.3) is 0 Å². The van der Waals surface area contributed by atoms with E-state index >= 15 is 0 Å². The summed E-state index contributed by atoms with van der Waals surface area (Å²) in [4.78, 5) is 13.8. The molecule has 1 aliphatic heterocycles. The molecule has 0 spiro atoms. The van der Waals surface area contributed by atoms with Gasteiger partial charge in [-0.15, -0.1) is 0 Å². The van der Waals surface area contributed by atoms with Crippen molar-refractivity contribution in [2.75, 3.05) is 18.4 Å². The Bertz CT molecular complexity index is 531. The van der Waals surface area contributed by atoms with Crippen molar-refractivity contribution in [3.8, 4) is 0 Å². The number of ether oxygens (including phenoxy) is 1. The summed E-state index contributed by atoms with van der Waals surface area (Å²) < 4.78 is 6.25. The first kappa shape index (κ1) is 16.4. The van der Waals surface area contributed by atoms with E-state index in [1.165, 1.54) is 0 Å². The molecule has 1 heterocycles. The molecule has 1 N–H and O–H groups in total. The van der Waals surface area contributed by atoms with Crippen LogP contribution >= 0.6 is 27.5 Å². The van der Waals surface area contributed by atoms with Crippen molar-refractivity contribution >= 4 is 39.3 Å². The van der Waals surface area contributed by atoms with E-state index in [0.29, 0.717) is 18.1 Å². The third kappa shape index (κ3) is 4.78. The van der Waals surface area contributed by atoms with Gasteiger partial charge in [-0.1, -0.05) is 11.6 Å². The molecule has 116 valence electrons. The maximum atomic E-state index is 12.0. The molecule has 0 aliphatic carbocycles. The van der Waals surface area contributed by atoms with Crippen molar-refractivity contribution in [3.63, 3.8) is 0 Å². The molecule has 1 amide bonds. The molecule has 0 saturated carbocycles. The second kappa shape index (κ2) is 6.44. The van der Waals surface area contributed by atoms with Crippen molar-refractivity contribution in [3.05, 3.63) is 27.7 Å². The van der Waals surface area contributed by atoms with Gasteiger partial charge in [-0.2, -0.15) is 0 Å². The summed E-state index contributed by atoms with van der Waals surface area (Å²) in [6.45, 7) is 6.99. The fraction of sp³-hybridized carbons (Fsp3) is 0.533. The molecule has 0 radical (unpaired) electrons. The maximum absolute atomic E-state index is 12.0.